The predicted octanol–water partition coefficient (Wildman–Crippen LogP) is 2.59. The number of nitrogens with one attached hydrogen (secondary N) is 1. The molecule has 0 aliphatic carbocycles. The van der Waals surface area contributed by atoms with Crippen molar-refractivity contribution in [1.82, 2.24) is 15.2 Å². The van der Waals surface area contributed by atoms with Gasteiger partial charge in [0.25, 0.3) is 0 Å². The Hall–Kier alpha value is -2.40. The minimum absolute atomic E-state index is 0.0873. The van der Waals surface area contributed by atoms with Gasteiger partial charge < -0.3 is 10.1 Å². The van der Waals surface area contributed by atoms with Crippen LogP contribution in [-0.2, 0) is 11.2 Å². The minimum atomic E-state index is 0.0873. The molecule has 132 valence electrons. The Morgan fingerprint density at radius 3 is 2.88 bits per heavy atom. The summed E-state index contributed by atoms with van der Waals surface area (Å²) in [7, 11) is 1.66. The number of ether oxygens (including phenoxy) is 1. The van der Waals surface area contributed by atoms with E-state index >= 15 is 0 Å². The summed E-state index contributed by atoms with van der Waals surface area (Å²) in [5, 5.41) is 3.03. The summed E-state index contributed by atoms with van der Waals surface area (Å²) in [6, 6.07) is 12.3. The molecule has 1 amide bonds. The smallest absolute Gasteiger partial charge is 0.234 e. The van der Waals surface area contributed by atoms with Crippen LogP contribution < -0.4 is 10.1 Å². The summed E-state index contributed by atoms with van der Waals surface area (Å²) in [6.07, 6.45) is 6.73. The summed E-state index contributed by atoms with van der Waals surface area (Å²) in [5.41, 5.74) is 2.39. The molecule has 1 fully saturated rings. The standard InChI is InChI=1S/C20H25N3O2/c1-25-18-8-6-16(7-9-18)10-12-22-20(24)15-23-13-3-5-19(23)17-4-2-11-21-14-17/h2,4,6-9,11,14,19H,3,5,10,12-13,15H2,1H3,(H,22,24). The van der Waals surface area contributed by atoms with Crippen molar-refractivity contribution in [2.24, 2.45) is 0 Å². The highest BCUT2D eigenvalue weighted by molar-refractivity contribution is 5.78. The third-order valence-corrected chi connectivity index (χ3v) is 4.67. The molecule has 0 saturated carbocycles. The molecule has 25 heavy (non-hydrogen) atoms. The Kier molecular flexibility index (Phi) is 6.01. The van der Waals surface area contributed by atoms with Crippen LogP contribution in [0.5, 0.6) is 5.75 Å². The monoisotopic (exact) mass is 339 g/mol. The first-order valence-electron chi connectivity index (χ1n) is 8.80. The molecule has 5 nitrogen and oxygen atoms in total. The average Bonchev–Trinajstić information content (AvgIpc) is 3.11. The molecule has 1 atom stereocenters. The lowest BCUT2D eigenvalue weighted by Crippen LogP contribution is -2.37. The van der Waals surface area contributed by atoms with Gasteiger partial charge in [-0.15, -0.1) is 0 Å². The highest BCUT2D eigenvalue weighted by atomic mass is 16.5. The van der Waals surface area contributed by atoms with Crippen LogP contribution >= 0.6 is 0 Å². The summed E-state index contributed by atoms with van der Waals surface area (Å²) >= 11 is 0. The zero-order chi connectivity index (χ0) is 17.5. The van der Waals surface area contributed by atoms with Gasteiger partial charge in [-0.3, -0.25) is 14.7 Å². The van der Waals surface area contributed by atoms with E-state index in [1.807, 2.05) is 36.5 Å². The van der Waals surface area contributed by atoms with Crippen LogP contribution in [0.3, 0.4) is 0 Å². The van der Waals surface area contributed by atoms with Crippen LogP contribution in [0.25, 0.3) is 0 Å². The van der Waals surface area contributed by atoms with Gasteiger partial charge in [-0.25, -0.2) is 0 Å². The largest absolute Gasteiger partial charge is 0.497 e. The maximum Gasteiger partial charge on any atom is 0.234 e. The Morgan fingerprint density at radius 2 is 2.16 bits per heavy atom. The second-order valence-electron chi connectivity index (χ2n) is 6.36. The minimum Gasteiger partial charge on any atom is -0.497 e. The van der Waals surface area contributed by atoms with E-state index < -0.39 is 0 Å². The van der Waals surface area contributed by atoms with E-state index in [9.17, 15) is 4.79 Å². The van der Waals surface area contributed by atoms with E-state index in [0.717, 1.165) is 31.6 Å². The number of likely N-dealkylation sites (tertiary alicyclic amines) is 1. The van der Waals surface area contributed by atoms with Crippen molar-refractivity contribution in [3.63, 3.8) is 0 Å². The first-order chi connectivity index (χ1) is 12.3. The Balaban J connectivity index is 1.45. The van der Waals surface area contributed by atoms with E-state index in [4.69, 9.17) is 4.74 Å². The summed E-state index contributed by atoms with van der Waals surface area (Å²) in [6.45, 7) is 2.06. The SMILES string of the molecule is COc1ccc(CCNC(=O)CN2CCCC2c2cccnc2)cc1. The van der Waals surface area contributed by atoms with E-state index in [2.05, 4.69) is 21.3 Å². The van der Waals surface area contributed by atoms with Crippen molar-refractivity contribution >= 4 is 5.91 Å². The quantitative estimate of drug-likeness (QED) is 0.842. The van der Waals surface area contributed by atoms with E-state index in [-0.39, 0.29) is 5.91 Å². The fourth-order valence-corrected chi connectivity index (χ4v) is 3.34. The van der Waals surface area contributed by atoms with Gasteiger partial charge in [-0.1, -0.05) is 18.2 Å². The molecule has 1 aromatic heterocycles. The van der Waals surface area contributed by atoms with Crippen LogP contribution in [0.1, 0.15) is 30.0 Å². The molecular formula is C20H25N3O2. The van der Waals surface area contributed by atoms with Gasteiger partial charge in [0.1, 0.15) is 5.75 Å². The summed E-state index contributed by atoms with van der Waals surface area (Å²) < 4.78 is 5.15. The number of hydrogen-bond acceptors (Lipinski definition) is 4. The number of aromatic nitrogens is 1. The maximum absolute atomic E-state index is 12.3. The van der Waals surface area contributed by atoms with Crippen LogP contribution in [0.15, 0.2) is 48.8 Å². The van der Waals surface area contributed by atoms with Crippen molar-refractivity contribution in [1.29, 1.82) is 0 Å². The van der Waals surface area contributed by atoms with Gasteiger partial charge in [-0.2, -0.15) is 0 Å². The third kappa shape index (κ3) is 4.79. The number of hydrogen-bond donors (Lipinski definition) is 1. The van der Waals surface area contributed by atoms with Gasteiger partial charge >= 0.3 is 0 Å². The second kappa shape index (κ2) is 8.62. The highest BCUT2D eigenvalue weighted by Crippen LogP contribution is 2.30. The predicted molar refractivity (Wildman–Crippen MR) is 97.5 cm³/mol. The van der Waals surface area contributed by atoms with E-state index in [1.165, 1.54) is 11.1 Å². The lowest BCUT2D eigenvalue weighted by Gasteiger charge is -2.23. The van der Waals surface area contributed by atoms with Gasteiger partial charge in [0.2, 0.25) is 5.91 Å². The van der Waals surface area contributed by atoms with Gasteiger partial charge in [0, 0.05) is 25.0 Å². The van der Waals surface area contributed by atoms with Crippen molar-refractivity contribution < 1.29 is 9.53 Å². The van der Waals surface area contributed by atoms with Crippen molar-refractivity contribution in [3.05, 3.63) is 59.9 Å². The van der Waals surface area contributed by atoms with Gasteiger partial charge in [0.05, 0.1) is 13.7 Å². The Bertz CT molecular complexity index is 673. The molecule has 1 saturated heterocycles. The Morgan fingerprint density at radius 1 is 1.32 bits per heavy atom. The maximum atomic E-state index is 12.3. The molecule has 1 N–H and O–H groups in total. The number of methoxy groups -OCH3 is 1. The number of carbonyl (C=O) groups excluding carboxylic acids is 1. The van der Waals surface area contributed by atoms with E-state index in [0.29, 0.717) is 19.1 Å². The van der Waals surface area contributed by atoms with Crippen LogP contribution in [0, 0.1) is 0 Å². The highest BCUT2D eigenvalue weighted by Gasteiger charge is 2.27. The number of nitrogens with zero attached hydrogens (tertiary/aromatic N) is 2. The molecule has 2 heterocycles. The topological polar surface area (TPSA) is 54.5 Å². The first-order valence-corrected chi connectivity index (χ1v) is 8.80. The van der Waals surface area contributed by atoms with Crippen molar-refractivity contribution in [3.8, 4) is 5.75 Å². The lowest BCUT2D eigenvalue weighted by molar-refractivity contribution is -0.122. The zero-order valence-electron chi connectivity index (χ0n) is 14.6. The zero-order valence-corrected chi connectivity index (χ0v) is 14.6. The molecule has 3 rings (SSSR count). The molecular weight excluding hydrogens is 314 g/mol. The molecule has 0 spiro atoms. The van der Waals surface area contributed by atoms with Gasteiger partial charge in [0.15, 0.2) is 0 Å². The number of amides is 1. The first kappa shape index (κ1) is 17.4. The fraction of sp³-hybridized carbons (Fsp3) is 0.400. The molecule has 1 aliphatic rings. The van der Waals surface area contributed by atoms with Crippen molar-refractivity contribution in [2.75, 3.05) is 26.7 Å². The second-order valence-corrected chi connectivity index (χ2v) is 6.36. The molecule has 1 unspecified atom stereocenters. The summed E-state index contributed by atoms with van der Waals surface area (Å²) in [5.74, 6) is 0.938. The molecule has 1 aromatic carbocycles. The summed E-state index contributed by atoms with van der Waals surface area (Å²) in [4.78, 5) is 18.7. The lowest BCUT2D eigenvalue weighted by atomic mass is 10.1. The number of benzene rings is 1. The number of rotatable bonds is 7. The number of pyridine rings is 1. The molecule has 5 heteroatoms. The normalized spacial score (nSPS) is 17.4. The molecule has 0 bridgehead atoms. The van der Waals surface area contributed by atoms with Gasteiger partial charge in [-0.05, 0) is 55.1 Å². The van der Waals surface area contributed by atoms with Crippen LogP contribution in [-0.4, -0.2) is 42.5 Å². The van der Waals surface area contributed by atoms with Crippen LogP contribution in [0.4, 0.5) is 0 Å². The average molecular weight is 339 g/mol. The Labute approximate surface area is 149 Å². The van der Waals surface area contributed by atoms with E-state index in [1.54, 1.807) is 13.3 Å². The molecule has 0 radical (unpaired) electrons. The fourth-order valence-electron chi connectivity index (χ4n) is 3.34. The molecule has 2 aromatic rings. The molecule has 1 aliphatic heterocycles. The third-order valence-electron chi connectivity index (χ3n) is 4.67. The van der Waals surface area contributed by atoms with Crippen molar-refractivity contribution in [2.45, 2.75) is 25.3 Å². The van der Waals surface area contributed by atoms with Crippen LogP contribution in [0.2, 0.25) is 0 Å². The number of carbonyl (C=O) groups is 1.